The van der Waals surface area contributed by atoms with E-state index in [0.717, 1.165) is 4.47 Å². The molecule has 146 valence electrons. The summed E-state index contributed by atoms with van der Waals surface area (Å²) < 4.78 is 9.31. The first-order chi connectivity index (χ1) is 14.1. The molecular weight excluding hydrogens is 456 g/mol. The Labute approximate surface area is 178 Å². The summed E-state index contributed by atoms with van der Waals surface area (Å²) in [6, 6.07) is 14.4. The Balaban J connectivity index is 1.61. The van der Waals surface area contributed by atoms with Crippen LogP contribution in [0.2, 0.25) is 0 Å². The van der Waals surface area contributed by atoms with Gasteiger partial charge in [0.15, 0.2) is 10.9 Å². The number of aromatic nitrogens is 4. The van der Waals surface area contributed by atoms with Crippen molar-refractivity contribution in [2.45, 2.75) is 5.16 Å². The van der Waals surface area contributed by atoms with E-state index < -0.39 is 0 Å². The number of fused-ring (bicyclic) bond motifs is 1. The van der Waals surface area contributed by atoms with E-state index in [9.17, 15) is 9.59 Å². The molecule has 4 rings (SSSR count). The lowest BCUT2D eigenvalue weighted by Gasteiger charge is -2.10. The van der Waals surface area contributed by atoms with Crippen molar-refractivity contribution in [2.24, 2.45) is 0 Å². The monoisotopic (exact) mass is 470 g/mol. The van der Waals surface area contributed by atoms with Gasteiger partial charge in [0.1, 0.15) is 5.75 Å². The number of ketones is 1. The molecule has 2 aromatic carbocycles. The zero-order valence-corrected chi connectivity index (χ0v) is 17.7. The van der Waals surface area contributed by atoms with Crippen molar-refractivity contribution >= 4 is 39.1 Å². The topological polar surface area (TPSA) is 78.5 Å². The van der Waals surface area contributed by atoms with Gasteiger partial charge in [0.05, 0.1) is 18.6 Å². The van der Waals surface area contributed by atoms with Crippen LogP contribution in [-0.4, -0.2) is 37.8 Å². The molecule has 0 aliphatic heterocycles. The van der Waals surface area contributed by atoms with Gasteiger partial charge in [0.25, 0.3) is 0 Å². The molecule has 7 nitrogen and oxygen atoms in total. The van der Waals surface area contributed by atoms with Crippen molar-refractivity contribution in [2.75, 3.05) is 12.9 Å². The Morgan fingerprint density at radius 1 is 1.10 bits per heavy atom. The number of nitrogens with zero attached hydrogens (tertiary/aromatic N) is 4. The summed E-state index contributed by atoms with van der Waals surface area (Å²) >= 11 is 4.59. The predicted molar refractivity (Wildman–Crippen MR) is 114 cm³/mol. The van der Waals surface area contributed by atoms with Crippen molar-refractivity contribution in [1.82, 2.24) is 19.2 Å². The van der Waals surface area contributed by atoms with Crippen LogP contribution >= 0.6 is 27.7 Å². The van der Waals surface area contributed by atoms with Crippen LogP contribution in [0.1, 0.15) is 10.4 Å². The van der Waals surface area contributed by atoms with Gasteiger partial charge in [0, 0.05) is 22.4 Å². The second-order valence-corrected chi connectivity index (χ2v) is 7.90. The minimum atomic E-state index is -0.324. The smallest absolute Gasteiger partial charge is 0.300 e. The fourth-order valence-corrected chi connectivity index (χ4v) is 3.91. The number of hydrogen-bond acceptors (Lipinski definition) is 6. The maximum atomic E-state index is 12.9. The van der Waals surface area contributed by atoms with Gasteiger partial charge in [-0.25, -0.2) is 0 Å². The summed E-state index contributed by atoms with van der Waals surface area (Å²) in [5.74, 6) is 0.743. The molecular formula is C20H15BrN4O3S. The normalized spacial score (nSPS) is 11.0. The number of carbonyl (C=O) groups is 1. The number of halogens is 1. The third-order valence-corrected chi connectivity index (χ3v) is 5.75. The minimum Gasteiger partial charge on any atom is -0.495 e. The second kappa shape index (κ2) is 8.22. The van der Waals surface area contributed by atoms with E-state index in [0.29, 0.717) is 22.2 Å². The molecule has 2 aromatic heterocycles. The summed E-state index contributed by atoms with van der Waals surface area (Å²) in [6.07, 6.45) is 3.34. The Bertz CT molecular complexity index is 1250. The first kappa shape index (κ1) is 19.4. The third-order valence-electron chi connectivity index (χ3n) is 4.28. The summed E-state index contributed by atoms with van der Waals surface area (Å²) in [6.45, 7) is 0. The van der Waals surface area contributed by atoms with Gasteiger partial charge >= 0.3 is 5.56 Å². The minimum absolute atomic E-state index is 0.0263. The van der Waals surface area contributed by atoms with E-state index >= 15 is 0 Å². The van der Waals surface area contributed by atoms with Crippen LogP contribution in [0.25, 0.3) is 11.3 Å². The molecule has 0 amide bonds. The number of rotatable bonds is 6. The average Bonchev–Trinajstić information content (AvgIpc) is 3.17. The molecule has 0 aliphatic carbocycles. The first-order valence-electron chi connectivity index (χ1n) is 8.60. The molecule has 0 N–H and O–H groups in total. The molecule has 0 fully saturated rings. The average molecular weight is 471 g/mol. The molecule has 2 heterocycles. The summed E-state index contributed by atoms with van der Waals surface area (Å²) in [7, 11) is 1.55. The molecule has 4 aromatic rings. The number of methoxy groups -OCH3 is 1. The maximum Gasteiger partial charge on any atom is 0.300 e. The molecule has 0 radical (unpaired) electrons. The quantitative estimate of drug-likeness (QED) is 0.316. The number of thioether (sulfide) groups is 1. The number of para-hydroxylation sites is 2. The highest BCUT2D eigenvalue weighted by Crippen LogP contribution is 2.22. The van der Waals surface area contributed by atoms with Crippen molar-refractivity contribution in [3.63, 3.8) is 0 Å². The molecule has 29 heavy (non-hydrogen) atoms. The first-order valence-corrected chi connectivity index (χ1v) is 10.4. The Morgan fingerprint density at radius 2 is 1.86 bits per heavy atom. The van der Waals surface area contributed by atoms with E-state index in [4.69, 9.17) is 4.74 Å². The fourth-order valence-electron chi connectivity index (χ4n) is 2.83. The van der Waals surface area contributed by atoms with Crippen molar-refractivity contribution < 1.29 is 9.53 Å². The molecule has 0 aliphatic rings. The highest BCUT2D eigenvalue weighted by atomic mass is 79.9. The van der Waals surface area contributed by atoms with E-state index in [-0.39, 0.29) is 22.7 Å². The standard InChI is InChI=1S/C20H15BrN4O3S/c1-28-17-5-3-2-4-15(17)24-10-11-25-18(19(24)27)22-23-20(25)29-12-16(26)13-6-8-14(21)9-7-13/h2-11H,12H2,1H3. The number of hydrogen-bond donors (Lipinski definition) is 0. The zero-order chi connectivity index (χ0) is 20.4. The molecule has 0 saturated heterocycles. The SMILES string of the molecule is COc1ccccc1-n1ccn2c(SCC(=O)c3ccc(Br)cc3)nnc2c1=O. The van der Waals surface area contributed by atoms with E-state index in [1.165, 1.54) is 16.3 Å². The van der Waals surface area contributed by atoms with E-state index in [1.807, 2.05) is 24.3 Å². The molecule has 0 spiro atoms. The lowest BCUT2D eigenvalue weighted by atomic mass is 10.2. The van der Waals surface area contributed by atoms with Crippen LogP contribution in [0, 0.1) is 0 Å². The molecule has 9 heteroatoms. The number of carbonyl (C=O) groups excluding carboxylic acids is 1. The lowest BCUT2D eigenvalue weighted by molar-refractivity contribution is 0.102. The summed E-state index contributed by atoms with van der Waals surface area (Å²) in [5.41, 5.74) is 1.09. The fraction of sp³-hybridized carbons (Fsp3) is 0.100. The molecule has 0 bridgehead atoms. The highest BCUT2D eigenvalue weighted by Gasteiger charge is 2.15. The molecule has 0 saturated carbocycles. The Kier molecular flexibility index (Phi) is 5.50. The largest absolute Gasteiger partial charge is 0.495 e. The van der Waals surface area contributed by atoms with Gasteiger partial charge in [-0.1, -0.05) is 52.0 Å². The van der Waals surface area contributed by atoms with Gasteiger partial charge in [-0.15, -0.1) is 10.2 Å². The van der Waals surface area contributed by atoms with Gasteiger partial charge in [-0.05, 0) is 24.3 Å². The predicted octanol–water partition coefficient (Wildman–Crippen LogP) is 3.63. The summed E-state index contributed by atoms with van der Waals surface area (Å²) in [5, 5.41) is 8.59. The Morgan fingerprint density at radius 3 is 2.62 bits per heavy atom. The van der Waals surface area contributed by atoms with Crippen LogP contribution in [0.15, 0.2) is 75.3 Å². The molecule has 0 atom stereocenters. The Hall–Kier alpha value is -2.91. The van der Waals surface area contributed by atoms with Gasteiger partial charge < -0.3 is 4.74 Å². The van der Waals surface area contributed by atoms with Gasteiger partial charge in [-0.3, -0.25) is 18.6 Å². The van der Waals surface area contributed by atoms with E-state index in [1.54, 1.807) is 48.2 Å². The number of Topliss-reactive ketones (excluding diaryl/α,β-unsaturated/α-hetero) is 1. The van der Waals surface area contributed by atoms with Crippen molar-refractivity contribution in [3.05, 3.63) is 81.3 Å². The number of benzene rings is 2. The third kappa shape index (κ3) is 3.83. The number of ether oxygens (including phenoxy) is 1. The highest BCUT2D eigenvalue weighted by molar-refractivity contribution is 9.10. The van der Waals surface area contributed by atoms with Crippen LogP contribution in [0.5, 0.6) is 5.75 Å². The van der Waals surface area contributed by atoms with E-state index in [2.05, 4.69) is 26.1 Å². The summed E-state index contributed by atoms with van der Waals surface area (Å²) in [4.78, 5) is 25.3. The van der Waals surface area contributed by atoms with Gasteiger partial charge in [0.2, 0.25) is 5.65 Å². The van der Waals surface area contributed by atoms with Crippen molar-refractivity contribution in [3.8, 4) is 11.4 Å². The zero-order valence-electron chi connectivity index (χ0n) is 15.3. The lowest BCUT2D eigenvalue weighted by Crippen LogP contribution is -2.20. The van der Waals surface area contributed by atoms with Crippen LogP contribution < -0.4 is 10.3 Å². The second-order valence-electron chi connectivity index (χ2n) is 6.04. The van der Waals surface area contributed by atoms with Crippen molar-refractivity contribution in [1.29, 1.82) is 0 Å². The van der Waals surface area contributed by atoms with Crippen LogP contribution in [0.3, 0.4) is 0 Å². The molecule has 0 unspecified atom stereocenters. The maximum absolute atomic E-state index is 12.9. The van der Waals surface area contributed by atoms with Crippen LogP contribution in [-0.2, 0) is 0 Å². The van der Waals surface area contributed by atoms with Gasteiger partial charge in [-0.2, -0.15) is 0 Å². The van der Waals surface area contributed by atoms with Crippen LogP contribution in [0.4, 0.5) is 0 Å².